The molecule has 0 aromatic heterocycles. The molecule has 1 aromatic carbocycles. The van der Waals surface area contributed by atoms with Crippen molar-refractivity contribution in [2.45, 2.75) is 0 Å². The van der Waals surface area contributed by atoms with Gasteiger partial charge in [-0.3, -0.25) is 10.1 Å². The summed E-state index contributed by atoms with van der Waals surface area (Å²) in [5.74, 6) is 0.477. The highest BCUT2D eigenvalue weighted by Gasteiger charge is 2.09. The van der Waals surface area contributed by atoms with Crippen LogP contribution < -0.4 is 4.74 Å². The molecule has 76 valence electrons. The van der Waals surface area contributed by atoms with Crippen LogP contribution in [0.25, 0.3) is 0 Å². The van der Waals surface area contributed by atoms with E-state index in [1.165, 1.54) is 18.2 Å². The molecule has 0 bridgehead atoms. The maximum absolute atomic E-state index is 10.4. The fraction of sp³-hybridized carbons (Fsp3) is 0.250. The minimum atomic E-state index is -0.486. The molecule has 0 saturated heterocycles. The van der Waals surface area contributed by atoms with Gasteiger partial charge in [-0.25, -0.2) is 0 Å². The highest BCUT2D eigenvalue weighted by atomic mass is 79.9. The Hall–Kier alpha value is -1.14. The van der Waals surface area contributed by atoms with E-state index < -0.39 is 4.92 Å². The van der Waals surface area contributed by atoms with Gasteiger partial charge < -0.3 is 9.84 Å². The van der Waals surface area contributed by atoms with Crippen LogP contribution >= 0.6 is 15.9 Å². The lowest BCUT2D eigenvalue weighted by molar-refractivity contribution is -0.384. The highest BCUT2D eigenvalue weighted by molar-refractivity contribution is 9.10. The van der Waals surface area contributed by atoms with E-state index in [0.717, 1.165) is 0 Å². The summed E-state index contributed by atoms with van der Waals surface area (Å²) in [7, 11) is 0. The number of nitro groups is 1. The average Bonchev–Trinajstić information content (AvgIpc) is 2.15. The van der Waals surface area contributed by atoms with Crippen LogP contribution in [-0.4, -0.2) is 23.2 Å². The number of benzene rings is 1. The van der Waals surface area contributed by atoms with E-state index in [1.807, 2.05) is 0 Å². The van der Waals surface area contributed by atoms with E-state index in [1.54, 1.807) is 0 Å². The molecule has 0 radical (unpaired) electrons. The summed E-state index contributed by atoms with van der Waals surface area (Å²) in [6.07, 6.45) is 0. The molecule has 0 aliphatic rings. The number of ether oxygens (including phenoxy) is 1. The summed E-state index contributed by atoms with van der Waals surface area (Å²) in [5.41, 5.74) is -0.00627. The topological polar surface area (TPSA) is 72.6 Å². The first kappa shape index (κ1) is 10.9. The van der Waals surface area contributed by atoms with Gasteiger partial charge in [0.05, 0.1) is 16.0 Å². The molecule has 0 saturated carbocycles. The molecule has 0 amide bonds. The van der Waals surface area contributed by atoms with Crippen LogP contribution in [0.1, 0.15) is 0 Å². The largest absolute Gasteiger partial charge is 0.490 e. The Balaban J connectivity index is 2.84. The first-order chi connectivity index (χ1) is 6.65. The molecule has 1 N–H and O–H groups in total. The van der Waals surface area contributed by atoms with Crippen LogP contribution in [0.2, 0.25) is 0 Å². The lowest BCUT2D eigenvalue weighted by Gasteiger charge is -2.05. The second-order valence-corrected chi connectivity index (χ2v) is 3.30. The number of rotatable bonds is 4. The molecule has 5 nitrogen and oxygen atoms in total. The van der Waals surface area contributed by atoms with Gasteiger partial charge in [-0.05, 0) is 22.0 Å². The number of halogens is 1. The normalized spacial score (nSPS) is 9.86. The summed E-state index contributed by atoms with van der Waals surface area (Å²) in [4.78, 5) is 9.90. The van der Waals surface area contributed by atoms with E-state index >= 15 is 0 Å². The standard InChI is InChI=1S/C8H8BrNO4/c9-7-5-6(10(12)13)1-2-8(7)14-4-3-11/h1-2,5,11H,3-4H2. The Kier molecular flexibility index (Phi) is 3.84. The lowest BCUT2D eigenvalue weighted by atomic mass is 10.3. The summed E-state index contributed by atoms with van der Waals surface area (Å²) in [6.45, 7) is 0.0693. The van der Waals surface area contributed by atoms with Crippen molar-refractivity contribution >= 4 is 21.6 Å². The Labute approximate surface area is 88.6 Å². The van der Waals surface area contributed by atoms with Crippen LogP contribution in [0.4, 0.5) is 5.69 Å². The monoisotopic (exact) mass is 261 g/mol. The van der Waals surface area contributed by atoms with E-state index in [9.17, 15) is 10.1 Å². The zero-order valence-electron chi connectivity index (χ0n) is 7.14. The molecule has 0 aliphatic heterocycles. The summed E-state index contributed by atoms with van der Waals surface area (Å²) >= 11 is 3.13. The molecule has 0 aliphatic carbocycles. The molecule has 1 rings (SSSR count). The Bertz CT molecular complexity index is 342. The number of aliphatic hydroxyl groups is 1. The van der Waals surface area contributed by atoms with E-state index in [4.69, 9.17) is 9.84 Å². The Morgan fingerprint density at radius 2 is 2.29 bits per heavy atom. The molecular weight excluding hydrogens is 254 g/mol. The smallest absolute Gasteiger partial charge is 0.270 e. The minimum absolute atomic E-state index is 0.00627. The van der Waals surface area contributed by atoms with Crippen molar-refractivity contribution < 1.29 is 14.8 Å². The molecule has 0 spiro atoms. The first-order valence-corrected chi connectivity index (χ1v) is 4.62. The molecule has 0 atom stereocenters. The first-order valence-electron chi connectivity index (χ1n) is 3.82. The number of aliphatic hydroxyl groups excluding tert-OH is 1. The highest BCUT2D eigenvalue weighted by Crippen LogP contribution is 2.28. The fourth-order valence-corrected chi connectivity index (χ4v) is 1.36. The number of non-ortho nitro benzene ring substituents is 1. The molecule has 6 heteroatoms. The number of hydrogen-bond acceptors (Lipinski definition) is 4. The molecule has 0 unspecified atom stereocenters. The zero-order valence-corrected chi connectivity index (χ0v) is 8.73. The second-order valence-electron chi connectivity index (χ2n) is 2.44. The second kappa shape index (κ2) is 4.92. The lowest BCUT2D eigenvalue weighted by Crippen LogP contribution is -2.02. The SMILES string of the molecule is O=[N+]([O-])c1ccc(OCCO)c(Br)c1. The van der Waals surface area contributed by atoms with Gasteiger partial charge in [-0.1, -0.05) is 0 Å². The predicted molar refractivity (Wildman–Crippen MR) is 53.4 cm³/mol. The van der Waals surface area contributed by atoms with Crippen molar-refractivity contribution in [3.8, 4) is 5.75 Å². The van der Waals surface area contributed by atoms with Gasteiger partial charge in [0, 0.05) is 12.1 Å². The summed E-state index contributed by atoms with van der Waals surface area (Å²) < 4.78 is 5.60. The van der Waals surface area contributed by atoms with E-state index in [-0.39, 0.29) is 18.9 Å². The Morgan fingerprint density at radius 3 is 2.79 bits per heavy atom. The number of nitrogens with zero attached hydrogens (tertiary/aromatic N) is 1. The van der Waals surface area contributed by atoms with Crippen LogP contribution in [0.15, 0.2) is 22.7 Å². The van der Waals surface area contributed by atoms with Gasteiger partial charge in [-0.2, -0.15) is 0 Å². The van der Waals surface area contributed by atoms with Crippen molar-refractivity contribution in [2.24, 2.45) is 0 Å². The van der Waals surface area contributed by atoms with Crippen molar-refractivity contribution in [1.82, 2.24) is 0 Å². The number of nitro benzene ring substituents is 1. The van der Waals surface area contributed by atoms with Gasteiger partial charge in [-0.15, -0.1) is 0 Å². The zero-order chi connectivity index (χ0) is 10.6. The van der Waals surface area contributed by atoms with Gasteiger partial charge >= 0.3 is 0 Å². The van der Waals surface area contributed by atoms with Crippen molar-refractivity contribution in [3.05, 3.63) is 32.8 Å². The minimum Gasteiger partial charge on any atom is -0.490 e. The summed E-state index contributed by atoms with van der Waals surface area (Å²) in [5, 5.41) is 18.9. The van der Waals surface area contributed by atoms with Gasteiger partial charge in [0.2, 0.25) is 0 Å². The quantitative estimate of drug-likeness (QED) is 0.662. The molecular formula is C8H8BrNO4. The van der Waals surface area contributed by atoms with Crippen LogP contribution in [0.3, 0.4) is 0 Å². The third-order valence-electron chi connectivity index (χ3n) is 1.48. The fourth-order valence-electron chi connectivity index (χ4n) is 0.876. The average molecular weight is 262 g/mol. The van der Waals surface area contributed by atoms with Crippen molar-refractivity contribution in [2.75, 3.05) is 13.2 Å². The van der Waals surface area contributed by atoms with Crippen LogP contribution in [0, 0.1) is 10.1 Å². The molecule has 0 fully saturated rings. The molecule has 14 heavy (non-hydrogen) atoms. The third-order valence-corrected chi connectivity index (χ3v) is 2.09. The van der Waals surface area contributed by atoms with Gasteiger partial charge in [0.15, 0.2) is 0 Å². The summed E-state index contributed by atoms with van der Waals surface area (Å²) in [6, 6.07) is 4.18. The van der Waals surface area contributed by atoms with Crippen molar-refractivity contribution in [1.29, 1.82) is 0 Å². The van der Waals surface area contributed by atoms with Crippen LogP contribution in [-0.2, 0) is 0 Å². The molecule has 1 aromatic rings. The van der Waals surface area contributed by atoms with Gasteiger partial charge in [0.25, 0.3) is 5.69 Å². The van der Waals surface area contributed by atoms with E-state index in [2.05, 4.69) is 15.9 Å². The Morgan fingerprint density at radius 1 is 1.57 bits per heavy atom. The molecule has 0 heterocycles. The van der Waals surface area contributed by atoms with Gasteiger partial charge in [0.1, 0.15) is 12.4 Å². The van der Waals surface area contributed by atoms with E-state index in [0.29, 0.717) is 10.2 Å². The van der Waals surface area contributed by atoms with Crippen LogP contribution in [0.5, 0.6) is 5.75 Å². The maximum atomic E-state index is 10.4. The number of hydrogen-bond donors (Lipinski definition) is 1. The van der Waals surface area contributed by atoms with Crippen molar-refractivity contribution in [3.63, 3.8) is 0 Å². The maximum Gasteiger partial charge on any atom is 0.270 e. The predicted octanol–water partition coefficient (Wildman–Crippen LogP) is 1.73. The third kappa shape index (κ3) is 2.68.